The van der Waals surface area contributed by atoms with Crippen molar-refractivity contribution in [2.24, 2.45) is 5.41 Å². The van der Waals surface area contributed by atoms with Crippen LogP contribution < -0.4 is 0 Å². The Morgan fingerprint density at radius 1 is 1.33 bits per heavy atom. The molecule has 0 saturated carbocycles. The lowest BCUT2D eigenvalue weighted by molar-refractivity contribution is 0.0629. The van der Waals surface area contributed by atoms with E-state index in [4.69, 9.17) is 0 Å². The number of carbonyl (C=O) groups excluding carboxylic acids is 1. The van der Waals surface area contributed by atoms with Crippen LogP contribution >= 0.6 is 15.9 Å². The summed E-state index contributed by atoms with van der Waals surface area (Å²) in [7, 11) is 0. The van der Waals surface area contributed by atoms with Gasteiger partial charge in [-0.2, -0.15) is 0 Å². The van der Waals surface area contributed by atoms with Crippen molar-refractivity contribution in [2.45, 2.75) is 26.7 Å². The van der Waals surface area contributed by atoms with Crippen molar-refractivity contribution >= 4 is 21.8 Å². The van der Waals surface area contributed by atoms with Crippen LogP contribution in [0.25, 0.3) is 0 Å². The Hall–Kier alpha value is -0.900. The number of amides is 1. The first kappa shape index (κ1) is 13.5. The maximum absolute atomic E-state index is 13.0. The number of carbonyl (C=O) groups is 1. The molecule has 2 nitrogen and oxygen atoms in total. The maximum Gasteiger partial charge on any atom is 0.255 e. The molecule has 0 N–H and O–H groups in total. The molecule has 1 aromatic carbocycles. The van der Waals surface area contributed by atoms with Crippen LogP contribution in [0.1, 0.15) is 37.0 Å². The molecule has 0 aromatic heterocycles. The largest absolute Gasteiger partial charge is 0.339 e. The molecule has 1 aliphatic heterocycles. The molecular formula is C14H17BrFNO. The third kappa shape index (κ3) is 2.91. The first-order valence-corrected chi connectivity index (χ1v) is 6.93. The van der Waals surface area contributed by atoms with Gasteiger partial charge in [-0.25, -0.2) is 4.39 Å². The molecule has 1 saturated heterocycles. The number of nitrogens with zero attached hydrogens (tertiary/aromatic N) is 1. The van der Waals surface area contributed by atoms with Crippen molar-refractivity contribution in [2.75, 3.05) is 13.1 Å². The number of hydrogen-bond acceptors (Lipinski definition) is 1. The summed E-state index contributed by atoms with van der Waals surface area (Å²) in [5.74, 6) is -0.351. The van der Waals surface area contributed by atoms with Crippen LogP contribution in [0.5, 0.6) is 0 Å². The Morgan fingerprint density at radius 3 is 2.50 bits per heavy atom. The maximum atomic E-state index is 13.0. The molecule has 18 heavy (non-hydrogen) atoms. The van der Waals surface area contributed by atoms with Gasteiger partial charge in [-0.1, -0.05) is 13.8 Å². The molecule has 1 heterocycles. The summed E-state index contributed by atoms with van der Waals surface area (Å²) in [5.41, 5.74) is 0.854. The van der Waals surface area contributed by atoms with Crippen molar-refractivity contribution in [1.29, 1.82) is 0 Å². The zero-order valence-corrected chi connectivity index (χ0v) is 12.3. The van der Waals surface area contributed by atoms with Crippen molar-refractivity contribution < 1.29 is 9.18 Å². The number of piperidine rings is 1. The number of halogens is 2. The highest BCUT2D eigenvalue weighted by Gasteiger charge is 2.28. The van der Waals surface area contributed by atoms with Gasteiger partial charge in [0.05, 0.1) is 5.56 Å². The van der Waals surface area contributed by atoms with E-state index < -0.39 is 0 Å². The number of benzene rings is 1. The van der Waals surface area contributed by atoms with Crippen LogP contribution in [0, 0.1) is 11.2 Å². The van der Waals surface area contributed by atoms with Crippen LogP contribution in [0.4, 0.5) is 4.39 Å². The molecule has 4 heteroatoms. The van der Waals surface area contributed by atoms with E-state index in [0.717, 1.165) is 25.9 Å². The third-order valence-corrected chi connectivity index (χ3v) is 4.22. The second-order valence-corrected chi connectivity index (χ2v) is 6.43. The van der Waals surface area contributed by atoms with Gasteiger partial charge in [-0.15, -0.1) is 0 Å². The summed E-state index contributed by atoms with van der Waals surface area (Å²) < 4.78 is 13.5. The molecular weight excluding hydrogens is 297 g/mol. The predicted molar refractivity (Wildman–Crippen MR) is 73.0 cm³/mol. The van der Waals surface area contributed by atoms with E-state index in [1.165, 1.54) is 12.1 Å². The smallest absolute Gasteiger partial charge is 0.255 e. The molecule has 0 aliphatic carbocycles. The first-order valence-electron chi connectivity index (χ1n) is 6.13. The SMILES string of the molecule is CC1(C)CCN(C(=O)c2ccc(F)cc2Br)CC1. The standard InChI is InChI=1S/C14H17BrFNO/c1-14(2)5-7-17(8-6-14)13(18)11-4-3-10(16)9-12(11)15/h3-4,9H,5-8H2,1-2H3. The molecule has 0 spiro atoms. The molecule has 1 aliphatic rings. The lowest BCUT2D eigenvalue weighted by Gasteiger charge is -2.37. The normalized spacial score (nSPS) is 18.8. The van der Waals surface area contributed by atoms with Crippen molar-refractivity contribution in [1.82, 2.24) is 4.90 Å². The van der Waals surface area contributed by atoms with Gasteiger partial charge in [0.1, 0.15) is 5.82 Å². The van der Waals surface area contributed by atoms with Crippen LogP contribution in [-0.2, 0) is 0 Å². The number of rotatable bonds is 1. The van der Waals surface area contributed by atoms with E-state index >= 15 is 0 Å². The van der Waals surface area contributed by atoms with Gasteiger partial charge in [-0.3, -0.25) is 4.79 Å². The summed E-state index contributed by atoms with van der Waals surface area (Å²) in [6.07, 6.45) is 2.02. The second kappa shape index (κ2) is 5.00. The second-order valence-electron chi connectivity index (χ2n) is 5.58. The van der Waals surface area contributed by atoms with Gasteiger partial charge in [0, 0.05) is 17.6 Å². The summed E-state index contributed by atoms with van der Waals surface area (Å²) in [6, 6.07) is 4.20. The van der Waals surface area contributed by atoms with E-state index in [2.05, 4.69) is 29.8 Å². The van der Waals surface area contributed by atoms with Gasteiger partial charge in [0.15, 0.2) is 0 Å². The predicted octanol–water partition coefficient (Wildman–Crippen LogP) is 3.85. The Labute approximate surface area is 115 Å². The number of hydrogen-bond donors (Lipinski definition) is 0. The Morgan fingerprint density at radius 2 is 1.94 bits per heavy atom. The van der Waals surface area contributed by atoms with E-state index in [-0.39, 0.29) is 11.7 Å². The van der Waals surface area contributed by atoms with Gasteiger partial charge in [0.2, 0.25) is 0 Å². The molecule has 1 aromatic rings. The van der Waals surface area contributed by atoms with E-state index in [1.54, 1.807) is 6.07 Å². The van der Waals surface area contributed by atoms with E-state index in [1.807, 2.05) is 4.90 Å². The van der Waals surface area contributed by atoms with Crippen LogP contribution in [0.15, 0.2) is 22.7 Å². The summed E-state index contributed by atoms with van der Waals surface area (Å²) in [4.78, 5) is 14.2. The zero-order chi connectivity index (χ0) is 13.3. The molecule has 0 radical (unpaired) electrons. The fourth-order valence-electron chi connectivity index (χ4n) is 2.15. The minimum absolute atomic E-state index is 0.0163. The first-order chi connectivity index (χ1) is 8.39. The Kier molecular flexibility index (Phi) is 3.76. The van der Waals surface area contributed by atoms with Crippen LogP contribution in [0.3, 0.4) is 0 Å². The highest BCUT2D eigenvalue weighted by molar-refractivity contribution is 9.10. The molecule has 1 amide bonds. The minimum Gasteiger partial charge on any atom is -0.339 e. The highest BCUT2D eigenvalue weighted by atomic mass is 79.9. The van der Waals surface area contributed by atoms with Gasteiger partial charge < -0.3 is 4.90 Å². The quantitative estimate of drug-likeness (QED) is 0.771. The van der Waals surface area contributed by atoms with E-state index in [9.17, 15) is 9.18 Å². The molecule has 0 atom stereocenters. The summed E-state index contributed by atoms with van der Waals surface area (Å²) in [6.45, 7) is 6.00. The fraction of sp³-hybridized carbons (Fsp3) is 0.500. The Balaban J connectivity index is 2.13. The average molecular weight is 314 g/mol. The van der Waals surface area contributed by atoms with Gasteiger partial charge in [0.25, 0.3) is 5.91 Å². The van der Waals surface area contributed by atoms with Crippen LogP contribution in [-0.4, -0.2) is 23.9 Å². The lowest BCUT2D eigenvalue weighted by atomic mass is 9.82. The highest BCUT2D eigenvalue weighted by Crippen LogP contribution is 2.31. The third-order valence-electron chi connectivity index (χ3n) is 3.57. The monoisotopic (exact) mass is 313 g/mol. The zero-order valence-electron chi connectivity index (χ0n) is 10.7. The summed E-state index contributed by atoms with van der Waals surface area (Å²) in [5, 5.41) is 0. The Bertz CT molecular complexity index is 463. The molecule has 98 valence electrons. The molecule has 0 bridgehead atoms. The molecule has 2 rings (SSSR count). The molecule has 0 unspecified atom stereocenters. The fourth-order valence-corrected chi connectivity index (χ4v) is 2.67. The minimum atomic E-state index is -0.335. The van der Waals surface area contributed by atoms with E-state index in [0.29, 0.717) is 15.5 Å². The topological polar surface area (TPSA) is 20.3 Å². The van der Waals surface area contributed by atoms with Crippen molar-refractivity contribution in [3.05, 3.63) is 34.1 Å². The lowest BCUT2D eigenvalue weighted by Crippen LogP contribution is -2.41. The van der Waals surface area contributed by atoms with Crippen LogP contribution in [0.2, 0.25) is 0 Å². The summed E-state index contributed by atoms with van der Waals surface area (Å²) >= 11 is 3.25. The van der Waals surface area contributed by atoms with Gasteiger partial charge in [-0.05, 0) is 52.4 Å². The number of likely N-dealkylation sites (tertiary alicyclic amines) is 1. The van der Waals surface area contributed by atoms with Crippen molar-refractivity contribution in [3.8, 4) is 0 Å². The molecule has 1 fully saturated rings. The van der Waals surface area contributed by atoms with Gasteiger partial charge >= 0.3 is 0 Å². The average Bonchev–Trinajstić information content (AvgIpc) is 2.28. The van der Waals surface area contributed by atoms with Crippen molar-refractivity contribution in [3.63, 3.8) is 0 Å².